The Bertz CT molecular complexity index is 1400. The van der Waals surface area contributed by atoms with Gasteiger partial charge in [-0.2, -0.15) is 0 Å². The van der Waals surface area contributed by atoms with Crippen molar-refractivity contribution in [2.24, 2.45) is 5.41 Å². The molecule has 2 unspecified atom stereocenters. The van der Waals surface area contributed by atoms with Crippen molar-refractivity contribution in [3.05, 3.63) is 53.1 Å². The highest BCUT2D eigenvalue weighted by Gasteiger charge is 2.36. The van der Waals surface area contributed by atoms with Crippen molar-refractivity contribution in [1.82, 2.24) is 4.72 Å². The fourth-order valence-corrected chi connectivity index (χ4v) is 7.35. The number of ether oxygens (including phenoxy) is 1. The molecule has 0 radical (unpaired) electrons. The Morgan fingerprint density at radius 2 is 1.77 bits per heavy atom. The van der Waals surface area contributed by atoms with E-state index in [4.69, 9.17) is 4.74 Å². The van der Waals surface area contributed by atoms with E-state index in [0.717, 1.165) is 54.6 Å². The Morgan fingerprint density at radius 3 is 2.35 bits per heavy atom. The van der Waals surface area contributed by atoms with E-state index in [2.05, 4.69) is 55.6 Å². The summed E-state index contributed by atoms with van der Waals surface area (Å²) < 4.78 is 33.5. The van der Waals surface area contributed by atoms with Gasteiger partial charge in [-0.05, 0) is 127 Å². The highest BCUT2D eigenvalue weighted by atomic mass is 32.2. The van der Waals surface area contributed by atoms with E-state index >= 15 is 0 Å². The van der Waals surface area contributed by atoms with Crippen molar-refractivity contribution in [3.8, 4) is 0 Å². The molecule has 2 atom stereocenters. The molecule has 0 bridgehead atoms. The number of amides is 2. The molecule has 43 heavy (non-hydrogen) atoms. The number of hydrogen-bond donors (Lipinski definition) is 2. The van der Waals surface area contributed by atoms with Crippen molar-refractivity contribution < 1.29 is 22.7 Å². The number of esters is 1. The quantitative estimate of drug-likeness (QED) is 0.236. The molecule has 0 saturated heterocycles. The second-order valence-corrected chi connectivity index (χ2v) is 14.8. The number of nitrogens with zero attached hydrogens (tertiary/aromatic N) is 1. The number of nitrogens with one attached hydrogen (secondary N) is 2. The van der Waals surface area contributed by atoms with Crippen molar-refractivity contribution in [1.29, 1.82) is 0 Å². The molecule has 2 amide bonds. The van der Waals surface area contributed by atoms with Gasteiger partial charge in [0.2, 0.25) is 0 Å². The molecule has 0 aromatic heterocycles. The van der Waals surface area contributed by atoms with Crippen LogP contribution in [0.2, 0.25) is 0 Å². The summed E-state index contributed by atoms with van der Waals surface area (Å²) in [7, 11) is -4.07. The zero-order chi connectivity index (χ0) is 32.2. The monoisotopic (exact) mass is 613 g/mol. The molecule has 0 fully saturated rings. The first-order chi connectivity index (χ1) is 20.1. The molecule has 0 aliphatic carbocycles. The average molecular weight is 614 g/mol. The number of carbonyl (C=O) groups excluding carboxylic acids is 2. The zero-order valence-electron chi connectivity index (χ0n) is 27.5. The molecule has 1 aliphatic rings. The molecular formula is C34H51N3O5S. The summed E-state index contributed by atoms with van der Waals surface area (Å²) in [5, 5.41) is 2.77. The third-order valence-corrected chi connectivity index (χ3v) is 10.2. The summed E-state index contributed by atoms with van der Waals surface area (Å²) >= 11 is 0. The van der Waals surface area contributed by atoms with Gasteiger partial charge >= 0.3 is 12.0 Å². The summed E-state index contributed by atoms with van der Waals surface area (Å²) in [5.41, 5.74) is 4.30. The van der Waals surface area contributed by atoms with Crippen molar-refractivity contribution >= 4 is 33.4 Å². The summed E-state index contributed by atoms with van der Waals surface area (Å²) in [6.07, 6.45) is 4.31. The van der Waals surface area contributed by atoms with E-state index < -0.39 is 21.5 Å². The van der Waals surface area contributed by atoms with Gasteiger partial charge in [-0.15, -0.1) is 0 Å². The van der Waals surface area contributed by atoms with Crippen LogP contribution in [0.25, 0.3) is 0 Å². The SMILES string of the molecule is CCOC(=O)C(C)(C)CCCC(CC)c1ccc(S(=O)(=O)NC(=O)Nc2cc3c(cc2C)N(CC)C(C)(C)CC3C)cc1. The molecule has 1 heterocycles. The lowest BCUT2D eigenvalue weighted by Crippen LogP contribution is -2.48. The molecule has 1 aliphatic heterocycles. The van der Waals surface area contributed by atoms with E-state index in [0.29, 0.717) is 24.6 Å². The van der Waals surface area contributed by atoms with Crippen LogP contribution in [0.5, 0.6) is 0 Å². The molecule has 2 aromatic rings. The molecule has 2 N–H and O–H groups in total. The smallest absolute Gasteiger partial charge is 0.333 e. The summed E-state index contributed by atoms with van der Waals surface area (Å²) in [4.78, 5) is 27.5. The lowest BCUT2D eigenvalue weighted by Gasteiger charge is -2.47. The summed E-state index contributed by atoms with van der Waals surface area (Å²) in [6.45, 7) is 19.7. The normalized spacial score (nSPS) is 17.1. The molecule has 0 spiro atoms. The Morgan fingerprint density at radius 1 is 1.12 bits per heavy atom. The van der Waals surface area contributed by atoms with Crippen LogP contribution >= 0.6 is 0 Å². The highest BCUT2D eigenvalue weighted by molar-refractivity contribution is 7.90. The number of rotatable bonds is 12. The molecule has 8 nitrogen and oxygen atoms in total. The minimum absolute atomic E-state index is 0.0290. The van der Waals surface area contributed by atoms with Crippen molar-refractivity contribution in [3.63, 3.8) is 0 Å². The standard InChI is InChI=1S/C34H51N3O5S/c1-10-25(14-13-19-33(6,7)31(38)42-12-3)26-15-17-27(18-16-26)43(40,41)36-32(39)35-29-21-28-24(5)22-34(8,9)37(11-2)30(28)20-23(29)4/h15-18,20-21,24-25H,10-14,19,22H2,1-9H3,(H2,35,36,39). The van der Waals surface area contributed by atoms with Gasteiger partial charge in [-0.1, -0.05) is 32.4 Å². The first-order valence-corrected chi connectivity index (χ1v) is 17.1. The largest absolute Gasteiger partial charge is 0.466 e. The Hall–Kier alpha value is -3.07. The second-order valence-electron chi connectivity index (χ2n) is 13.1. The van der Waals surface area contributed by atoms with Gasteiger partial charge < -0.3 is 15.0 Å². The minimum atomic E-state index is -4.07. The van der Waals surface area contributed by atoms with E-state index in [1.54, 1.807) is 12.1 Å². The molecule has 9 heteroatoms. The van der Waals surface area contributed by atoms with Crippen LogP contribution in [0.3, 0.4) is 0 Å². The summed E-state index contributed by atoms with van der Waals surface area (Å²) in [5.74, 6) is 0.350. The third kappa shape index (κ3) is 8.11. The van der Waals surface area contributed by atoms with E-state index in [-0.39, 0.29) is 22.3 Å². The van der Waals surface area contributed by atoms with Gasteiger partial charge in [-0.25, -0.2) is 17.9 Å². The number of sulfonamides is 1. The molecule has 0 saturated carbocycles. The van der Waals surface area contributed by atoms with Crippen LogP contribution in [-0.2, 0) is 19.6 Å². The van der Waals surface area contributed by atoms with Crippen LogP contribution in [-0.4, -0.2) is 39.1 Å². The number of carbonyl (C=O) groups is 2. The Labute approximate surface area is 259 Å². The highest BCUT2D eigenvalue weighted by Crippen LogP contribution is 2.45. The third-order valence-electron chi connectivity index (χ3n) is 8.86. The fraction of sp³-hybridized carbons (Fsp3) is 0.588. The maximum Gasteiger partial charge on any atom is 0.333 e. The van der Waals surface area contributed by atoms with Crippen LogP contribution in [0.15, 0.2) is 41.3 Å². The topological polar surface area (TPSA) is 105 Å². The maximum atomic E-state index is 13.1. The van der Waals surface area contributed by atoms with Gasteiger partial charge in [0, 0.05) is 23.5 Å². The first kappa shape index (κ1) is 34.4. The minimum Gasteiger partial charge on any atom is -0.466 e. The number of anilines is 2. The van der Waals surface area contributed by atoms with Gasteiger partial charge in [-0.3, -0.25) is 4.79 Å². The fourth-order valence-electron chi connectivity index (χ4n) is 6.44. The zero-order valence-corrected chi connectivity index (χ0v) is 28.3. The van der Waals surface area contributed by atoms with Crippen molar-refractivity contribution in [2.45, 2.75) is 117 Å². The van der Waals surface area contributed by atoms with Crippen LogP contribution in [0, 0.1) is 12.3 Å². The second kappa shape index (κ2) is 13.7. The summed E-state index contributed by atoms with van der Waals surface area (Å²) in [6, 6.07) is 9.99. The van der Waals surface area contributed by atoms with Crippen LogP contribution in [0.4, 0.5) is 16.2 Å². The number of hydrogen-bond acceptors (Lipinski definition) is 6. The predicted molar refractivity (Wildman–Crippen MR) is 174 cm³/mol. The Kier molecular flexibility index (Phi) is 11.0. The number of urea groups is 1. The first-order valence-electron chi connectivity index (χ1n) is 15.6. The lowest BCUT2D eigenvalue weighted by molar-refractivity contribution is -0.153. The van der Waals surface area contributed by atoms with Gasteiger partial charge in [0.1, 0.15) is 0 Å². The van der Waals surface area contributed by atoms with Crippen LogP contribution < -0.4 is 14.9 Å². The maximum absolute atomic E-state index is 13.1. The van der Waals surface area contributed by atoms with Gasteiger partial charge in [0.25, 0.3) is 10.0 Å². The number of benzene rings is 2. The van der Waals surface area contributed by atoms with Gasteiger partial charge in [0.05, 0.1) is 16.9 Å². The molecule has 2 aromatic carbocycles. The van der Waals surface area contributed by atoms with Crippen LogP contribution in [0.1, 0.15) is 116 Å². The van der Waals surface area contributed by atoms with E-state index in [1.165, 1.54) is 0 Å². The molecular weight excluding hydrogens is 562 g/mol. The number of fused-ring (bicyclic) bond motifs is 1. The van der Waals surface area contributed by atoms with E-state index in [1.807, 2.05) is 45.9 Å². The van der Waals surface area contributed by atoms with E-state index in [9.17, 15) is 18.0 Å². The predicted octanol–water partition coefficient (Wildman–Crippen LogP) is 7.87. The van der Waals surface area contributed by atoms with Gasteiger partial charge in [0.15, 0.2) is 0 Å². The molecule has 3 rings (SSSR count). The van der Waals surface area contributed by atoms with Crippen molar-refractivity contribution in [2.75, 3.05) is 23.4 Å². The Balaban J connectivity index is 1.67. The average Bonchev–Trinajstić information content (AvgIpc) is 2.91. The number of aryl methyl sites for hydroxylation is 1. The molecule has 238 valence electrons. The lowest BCUT2D eigenvalue weighted by atomic mass is 9.79.